The first kappa shape index (κ1) is 19.8. The predicted octanol–water partition coefficient (Wildman–Crippen LogP) is 2.37. The zero-order valence-electron chi connectivity index (χ0n) is 16.7. The molecule has 1 aromatic heterocycles. The van der Waals surface area contributed by atoms with Gasteiger partial charge in [-0.1, -0.05) is 17.7 Å². The van der Waals surface area contributed by atoms with Crippen molar-refractivity contribution in [1.82, 2.24) is 15.3 Å². The van der Waals surface area contributed by atoms with Crippen LogP contribution in [0.3, 0.4) is 0 Å². The Kier molecular flexibility index (Phi) is 6.23. The Morgan fingerprint density at radius 3 is 2.39 bits per heavy atom. The lowest BCUT2D eigenvalue weighted by Gasteiger charge is -2.31. The standard InChI is InChI=1S/C21H27N5O2/c1-14-10-15(2)20(16(3)11-14)25-19(27)13-24-21(28)17-4-8-26(9-5-17)18-12-22-6-7-23-18/h6-7,10-12,17H,4-5,8-9,13H2,1-3H3,(H,24,28)(H,25,27). The number of hydrogen-bond acceptors (Lipinski definition) is 5. The van der Waals surface area contributed by atoms with E-state index in [2.05, 4.69) is 25.5 Å². The molecular weight excluding hydrogens is 354 g/mol. The highest BCUT2D eigenvalue weighted by Crippen LogP contribution is 2.22. The van der Waals surface area contributed by atoms with E-state index >= 15 is 0 Å². The van der Waals surface area contributed by atoms with Crippen LogP contribution in [-0.2, 0) is 9.59 Å². The smallest absolute Gasteiger partial charge is 0.243 e. The number of nitrogens with one attached hydrogen (secondary N) is 2. The molecule has 1 aromatic carbocycles. The molecule has 3 rings (SSSR count). The first-order valence-electron chi connectivity index (χ1n) is 9.60. The van der Waals surface area contributed by atoms with E-state index in [1.165, 1.54) is 0 Å². The van der Waals surface area contributed by atoms with Gasteiger partial charge in [-0.2, -0.15) is 0 Å². The summed E-state index contributed by atoms with van der Waals surface area (Å²) in [4.78, 5) is 35.2. The zero-order valence-corrected chi connectivity index (χ0v) is 16.7. The van der Waals surface area contributed by atoms with Crippen molar-refractivity contribution >= 4 is 23.3 Å². The van der Waals surface area contributed by atoms with Crippen LogP contribution in [0.4, 0.5) is 11.5 Å². The van der Waals surface area contributed by atoms with Gasteiger partial charge < -0.3 is 15.5 Å². The molecule has 1 aliphatic rings. The number of piperidine rings is 1. The molecule has 0 unspecified atom stereocenters. The summed E-state index contributed by atoms with van der Waals surface area (Å²) in [5.41, 5.74) is 4.03. The van der Waals surface area contributed by atoms with Gasteiger partial charge in [-0.25, -0.2) is 4.98 Å². The lowest BCUT2D eigenvalue weighted by atomic mass is 9.96. The molecule has 2 heterocycles. The molecular formula is C21H27N5O2. The third-order valence-corrected chi connectivity index (χ3v) is 5.10. The number of benzene rings is 1. The van der Waals surface area contributed by atoms with Gasteiger partial charge in [0.05, 0.1) is 12.7 Å². The largest absolute Gasteiger partial charge is 0.355 e. The predicted molar refractivity (Wildman–Crippen MR) is 109 cm³/mol. The number of aromatic nitrogens is 2. The van der Waals surface area contributed by atoms with E-state index in [1.807, 2.05) is 32.9 Å². The molecule has 7 nitrogen and oxygen atoms in total. The molecule has 28 heavy (non-hydrogen) atoms. The van der Waals surface area contributed by atoms with E-state index in [1.54, 1.807) is 18.6 Å². The quantitative estimate of drug-likeness (QED) is 0.830. The van der Waals surface area contributed by atoms with Crippen LogP contribution in [-0.4, -0.2) is 41.4 Å². The van der Waals surface area contributed by atoms with Crippen LogP contribution in [0.15, 0.2) is 30.7 Å². The van der Waals surface area contributed by atoms with Gasteiger partial charge in [0.25, 0.3) is 0 Å². The fourth-order valence-electron chi connectivity index (χ4n) is 3.70. The van der Waals surface area contributed by atoms with Crippen LogP contribution in [0.1, 0.15) is 29.5 Å². The van der Waals surface area contributed by atoms with Gasteiger partial charge in [0.2, 0.25) is 11.8 Å². The second-order valence-electron chi connectivity index (χ2n) is 7.36. The monoisotopic (exact) mass is 381 g/mol. The number of aryl methyl sites for hydroxylation is 3. The van der Waals surface area contributed by atoms with E-state index in [0.29, 0.717) is 0 Å². The number of carbonyl (C=O) groups is 2. The molecule has 0 bridgehead atoms. The Hall–Kier alpha value is -2.96. The number of rotatable bonds is 5. The third-order valence-electron chi connectivity index (χ3n) is 5.10. The average Bonchev–Trinajstić information content (AvgIpc) is 2.69. The maximum Gasteiger partial charge on any atom is 0.243 e. The summed E-state index contributed by atoms with van der Waals surface area (Å²) in [6.07, 6.45) is 6.53. The first-order chi connectivity index (χ1) is 13.4. The van der Waals surface area contributed by atoms with E-state index in [0.717, 1.165) is 54.1 Å². The summed E-state index contributed by atoms with van der Waals surface area (Å²) in [7, 11) is 0. The minimum atomic E-state index is -0.208. The van der Waals surface area contributed by atoms with Crippen molar-refractivity contribution < 1.29 is 9.59 Å². The Morgan fingerprint density at radius 1 is 1.11 bits per heavy atom. The Bertz CT molecular complexity index is 822. The second-order valence-corrected chi connectivity index (χ2v) is 7.36. The molecule has 0 radical (unpaired) electrons. The topological polar surface area (TPSA) is 87.2 Å². The van der Waals surface area contributed by atoms with Crippen LogP contribution < -0.4 is 15.5 Å². The number of hydrogen-bond donors (Lipinski definition) is 2. The highest BCUT2D eigenvalue weighted by atomic mass is 16.2. The Labute approximate surface area is 165 Å². The van der Waals surface area contributed by atoms with Crippen LogP contribution >= 0.6 is 0 Å². The number of amides is 2. The minimum Gasteiger partial charge on any atom is -0.355 e. The molecule has 0 aliphatic carbocycles. The molecule has 1 fully saturated rings. The van der Waals surface area contributed by atoms with E-state index in [-0.39, 0.29) is 24.3 Å². The summed E-state index contributed by atoms with van der Waals surface area (Å²) < 4.78 is 0. The highest BCUT2D eigenvalue weighted by Gasteiger charge is 2.25. The van der Waals surface area contributed by atoms with Crippen LogP contribution in [0.25, 0.3) is 0 Å². The fourth-order valence-corrected chi connectivity index (χ4v) is 3.70. The summed E-state index contributed by atoms with van der Waals surface area (Å²) in [5.74, 6) is 0.486. The second kappa shape index (κ2) is 8.82. The van der Waals surface area contributed by atoms with E-state index in [9.17, 15) is 9.59 Å². The molecule has 0 spiro atoms. The van der Waals surface area contributed by atoms with Crippen molar-refractivity contribution in [3.8, 4) is 0 Å². The van der Waals surface area contributed by atoms with Crippen molar-refractivity contribution in [2.24, 2.45) is 5.92 Å². The normalized spacial score (nSPS) is 14.6. The van der Waals surface area contributed by atoms with E-state index in [4.69, 9.17) is 0 Å². The van der Waals surface area contributed by atoms with Crippen LogP contribution in [0.5, 0.6) is 0 Å². The summed E-state index contributed by atoms with van der Waals surface area (Å²) >= 11 is 0. The molecule has 7 heteroatoms. The lowest BCUT2D eigenvalue weighted by Crippen LogP contribution is -2.42. The van der Waals surface area contributed by atoms with Gasteiger partial charge >= 0.3 is 0 Å². The van der Waals surface area contributed by atoms with Crippen molar-refractivity contribution in [2.75, 3.05) is 29.9 Å². The van der Waals surface area contributed by atoms with Gasteiger partial charge in [-0.05, 0) is 44.7 Å². The van der Waals surface area contributed by atoms with Crippen molar-refractivity contribution in [3.63, 3.8) is 0 Å². The Balaban J connectivity index is 1.46. The Morgan fingerprint density at radius 2 is 1.79 bits per heavy atom. The molecule has 2 N–H and O–H groups in total. The van der Waals surface area contributed by atoms with Crippen molar-refractivity contribution in [2.45, 2.75) is 33.6 Å². The molecule has 1 saturated heterocycles. The van der Waals surface area contributed by atoms with Gasteiger partial charge in [0.1, 0.15) is 5.82 Å². The summed E-state index contributed by atoms with van der Waals surface area (Å²) in [6, 6.07) is 4.07. The van der Waals surface area contributed by atoms with Gasteiger partial charge in [-0.15, -0.1) is 0 Å². The molecule has 148 valence electrons. The zero-order chi connectivity index (χ0) is 20.1. The number of nitrogens with zero attached hydrogens (tertiary/aromatic N) is 3. The minimum absolute atomic E-state index is 0.0179. The molecule has 0 atom stereocenters. The van der Waals surface area contributed by atoms with Crippen molar-refractivity contribution in [1.29, 1.82) is 0 Å². The van der Waals surface area contributed by atoms with Crippen LogP contribution in [0.2, 0.25) is 0 Å². The average molecular weight is 381 g/mol. The molecule has 1 aliphatic heterocycles. The number of carbonyl (C=O) groups excluding carboxylic acids is 2. The molecule has 0 saturated carbocycles. The summed E-state index contributed by atoms with van der Waals surface area (Å²) in [5, 5.41) is 5.70. The highest BCUT2D eigenvalue weighted by molar-refractivity contribution is 5.96. The first-order valence-corrected chi connectivity index (χ1v) is 9.60. The fraction of sp³-hybridized carbons (Fsp3) is 0.429. The van der Waals surface area contributed by atoms with Crippen LogP contribution in [0, 0.1) is 26.7 Å². The lowest BCUT2D eigenvalue weighted by molar-refractivity contribution is -0.127. The molecule has 2 amide bonds. The van der Waals surface area contributed by atoms with Gasteiger partial charge in [-0.3, -0.25) is 14.6 Å². The molecule has 2 aromatic rings. The van der Waals surface area contributed by atoms with E-state index < -0.39 is 0 Å². The van der Waals surface area contributed by atoms with Crippen molar-refractivity contribution in [3.05, 3.63) is 47.4 Å². The summed E-state index contributed by atoms with van der Waals surface area (Å²) in [6.45, 7) is 7.46. The number of anilines is 2. The van der Waals surface area contributed by atoms with Gasteiger partial charge in [0.15, 0.2) is 0 Å². The maximum absolute atomic E-state index is 12.4. The SMILES string of the molecule is Cc1cc(C)c(NC(=O)CNC(=O)C2CCN(c3cnccn3)CC2)c(C)c1. The van der Waals surface area contributed by atoms with Gasteiger partial charge in [0, 0.05) is 37.1 Å². The third kappa shape index (κ3) is 4.85. The maximum atomic E-state index is 12.4.